The van der Waals surface area contributed by atoms with Crippen LogP contribution in [0.5, 0.6) is 0 Å². The Bertz CT molecular complexity index is 596. The van der Waals surface area contributed by atoms with Crippen LogP contribution in [0.4, 0.5) is 5.00 Å². The van der Waals surface area contributed by atoms with Crippen molar-refractivity contribution in [3.8, 4) is 0 Å². The van der Waals surface area contributed by atoms with E-state index in [0.29, 0.717) is 23.4 Å². The molecule has 0 unspecified atom stereocenters. The maximum Gasteiger partial charge on any atom is 0.341 e. The standard InChI is InChI=1S/C13H20ClNO4S2/c1-4-10-9(3)20-12(11(10)13(16)19-5-2)15-21(17,18)8-6-7-14/h15H,4-8H2,1-3H3. The molecule has 5 nitrogen and oxygen atoms in total. The molecule has 1 heterocycles. The van der Waals surface area contributed by atoms with Gasteiger partial charge in [0, 0.05) is 10.8 Å². The first-order chi connectivity index (χ1) is 9.86. The van der Waals surface area contributed by atoms with Crippen molar-refractivity contribution >= 4 is 43.9 Å². The van der Waals surface area contributed by atoms with Gasteiger partial charge in [-0.1, -0.05) is 6.92 Å². The largest absolute Gasteiger partial charge is 0.462 e. The van der Waals surface area contributed by atoms with Gasteiger partial charge in [-0.05, 0) is 32.3 Å². The van der Waals surface area contributed by atoms with Gasteiger partial charge in [-0.25, -0.2) is 13.2 Å². The van der Waals surface area contributed by atoms with Crippen molar-refractivity contribution < 1.29 is 17.9 Å². The summed E-state index contributed by atoms with van der Waals surface area (Å²) in [6.07, 6.45) is 0.997. The first kappa shape index (κ1) is 18.3. The van der Waals surface area contributed by atoms with Gasteiger partial charge in [0.05, 0.1) is 17.9 Å². The molecule has 0 atom stereocenters. The molecule has 0 amide bonds. The maximum absolute atomic E-state index is 12.1. The van der Waals surface area contributed by atoms with Crippen molar-refractivity contribution in [2.24, 2.45) is 0 Å². The number of halogens is 1. The number of hydrogen-bond donors (Lipinski definition) is 1. The van der Waals surface area contributed by atoms with Crippen LogP contribution in [0.3, 0.4) is 0 Å². The molecule has 0 saturated heterocycles. The van der Waals surface area contributed by atoms with Crippen LogP contribution in [0.25, 0.3) is 0 Å². The number of ether oxygens (including phenoxy) is 1. The van der Waals surface area contributed by atoms with Gasteiger partial charge in [0.1, 0.15) is 5.00 Å². The zero-order valence-electron chi connectivity index (χ0n) is 12.4. The summed E-state index contributed by atoms with van der Waals surface area (Å²) in [6.45, 7) is 5.74. The third-order valence-electron chi connectivity index (χ3n) is 2.84. The van der Waals surface area contributed by atoms with Gasteiger partial charge in [0.15, 0.2) is 0 Å². The number of anilines is 1. The van der Waals surface area contributed by atoms with Crippen molar-refractivity contribution in [1.82, 2.24) is 0 Å². The van der Waals surface area contributed by atoms with E-state index in [1.807, 2.05) is 13.8 Å². The molecule has 0 aliphatic carbocycles. The number of aryl methyl sites for hydroxylation is 1. The van der Waals surface area contributed by atoms with Crippen LogP contribution in [0.1, 0.15) is 41.1 Å². The lowest BCUT2D eigenvalue weighted by atomic mass is 10.1. The van der Waals surface area contributed by atoms with Gasteiger partial charge in [-0.3, -0.25) is 4.72 Å². The third kappa shape index (κ3) is 4.86. The van der Waals surface area contributed by atoms with E-state index < -0.39 is 16.0 Å². The monoisotopic (exact) mass is 353 g/mol. The summed E-state index contributed by atoms with van der Waals surface area (Å²) in [5.74, 6) is -0.291. The quantitative estimate of drug-likeness (QED) is 0.575. The minimum atomic E-state index is -3.51. The summed E-state index contributed by atoms with van der Waals surface area (Å²) in [4.78, 5) is 13.0. The van der Waals surface area contributed by atoms with E-state index in [-0.39, 0.29) is 18.2 Å². The van der Waals surface area contributed by atoms with Crippen molar-refractivity contribution in [3.63, 3.8) is 0 Å². The van der Waals surface area contributed by atoms with Crippen LogP contribution >= 0.6 is 22.9 Å². The molecule has 0 saturated carbocycles. The highest BCUT2D eigenvalue weighted by Crippen LogP contribution is 2.34. The smallest absolute Gasteiger partial charge is 0.341 e. The number of hydrogen-bond acceptors (Lipinski definition) is 5. The lowest BCUT2D eigenvalue weighted by Crippen LogP contribution is -2.18. The zero-order chi connectivity index (χ0) is 16.0. The van der Waals surface area contributed by atoms with Crippen molar-refractivity contribution in [2.75, 3.05) is 23.0 Å². The zero-order valence-corrected chi connectivity index (χ0v) is 14.8. The molecule has 0 spiro atoms. The van der Waals surface area contributed by atoms with E-state index in [0.717, 1.165) is 10.4 Å². The van der Waals surface area contributed by atoms with E-state index in [4.69, 9.17) is 16.3 Å². The van der Waals surface area contributed by atoms with E-state index in [2.05, 4.69) is 4.72 Å². The van der Waals surface area contributed by atoms with E-state index in [1.54, 1.807) is 6.92 Å². The molecular weight excluding hydrogens is 334 g/mol. The van der Waals surface area contributed by atoms with Crippen LogP contribution in [-0.4, -0.2) is 32.6 Å². The molecular formula is C13H20ClNO4S2. The number of alkyl halides is 1. The second kappa shape index (κ2) is 8.00. The molecule has 1 aromatic rings. The number of carbonyl (C=O) groups excluding carboxylic acids is 1. The number of carbonyl (C=O) groups is 1. The second-order valence-electron chi connectivity index (χ2n) is 4.38. The van der Waals surface area contributed by atoms with Gasteiger partial charge in [0.2, 0.25) is 10.0 Å². The van der Waals surface area contributed by atoms with Gasteiger partial charge in [0.25, 0.3) is 0 Å². The van der Waals surface area contributed by atoms with Gasteiger partial charge in [-0.2, -0.15) is 0 Å². The lowest BCUT2D eigenvalue weighted by molar-refractivity contribution is 0.0527. The first-order valence-electron chi connectivity index (χ1n) is 6.72. The fourth-order valence-corrected chi connectivity index (χ4v) is 4.77. The Hall–Kier alpha value is -0.790. The number of sulfonamides is 1. The highest BCUT2D eigenvalue weighted by atomic mass is 35.5. The maximum atomic E-state index is 12.1. The molecule has 0 fully saturated rings. The van der Waals surface area contributed by atoms with Crippen molar-refractivity contribution in [1.29, 1.82) is 0 Å². The summed E-state index contributed by atoms with van der Waals surface area (Å²) in [5.41, 5.74) is 1.16. The SMILES string of the molecule is CCOC(=O)c1c(NS(=O)(=O)CCCCl)sc(C)c1CC. The molecule has 21 heavy (non-hydrogen) atoms. The Kier molecular flexibility index (Phi) is 6.96. The Morgan fingerprint density at radius 1 is 1.38 bits per heavy atom. The molecule has 1 aromatic heterocycles. The topological polar surface area (TPSA) is 72.5 Å². The first-order valence-corrected chi connectivity index (χ1v) is 9.72. The highest BCUT2D eigenvalue weighted by molar-refractivity contribution is 7.92. The number of nitrogens with one attached hydrogen (secondary N) is 1. The molecule has 0 aliphatic rings. The summed E-state index contributed by atoms with van der Waals surface area (Å²) in [7, 11) is -3.51. The molecule has 0 aromatic carbocycles. The second-order valence-corrected chi connectivity index (χ2v) is 7.82. The van der Waals surface area contributed by atoms with Crippen LogP contribution in [0, 0.1) is 6.92 Å². The summed E-state index contributed by atoms with van der Waals surface area (Å²) in [5, 5.41) is 0.331. The van der Waals surface area contributed by atoms with Crippen LogP contribution in [-0.2, 0) is 21.2 Å². The average molecular weight is 354 g/mol. The van der Waals surface area contributed by atoms with Gasteiger partial charge >= 0.3 is 5.97 Å². The summed E-state index contributed by atoms with van der Waals surface area (Å²) < 4.78 is 31.5. The van der Waals surface area contributed by atoms with Gasteiger partial charge in [-0.15, -0.1) is 22.9 Å². The number of rotatable bonds is 8. The lowest BCUT2D eigenvalue weighted by Gasteiger charge is -2.09. The fourth-order valence-electron chi connectivity index (χ4n) is 1.93. The van der Waals surface area contributed by atoms with Crippen LogP contribution < -0.4 is 4.72 Å². The van der Waals surface area contributed by atoms with E-state index >= 15 is 0 Å². The van der Waals surface area contributed by atoms with Crippen LogP contribution in [0.15, 0.2) is 0 Å². The van der Waals surface area contributed by atoms with Crippen LogP contribution in [0.2, 0.25) is 0 Å². The minimum absolute atomic E-state index is 0.0723. The Labute approximate surface area is 134 Å². The van der Waals surface area contributed by atoms with Gasteiger partial charge < -0.3 is 4.74 Å². The van der Waals surface area contributed by atoms with Crippen molar-refractivity contribution in [3.05, 3.63) is 16.0 Å². The molecule has 0 bridgehead atoms. The van der Waals surface area contributed by atoms with E-state index in [1.165, 1.54) is 11.3 Å². The highest BCUT2D eigenvalue weighted by Gasteiger charge is 2.24. The molecule has 1 rings (SSSR count). The van der Waals surface area contributed by atoms with Crippen molar-refractivity contribution in [2.45, 2.75) is 33.6 Å². The summed E-state index contributed by atoms with van der Waals surface area (Å²) >= 11 is 6.78. The molecule has 0 aliphatic heterocycles. The van der Waals surface area contributed by atoms with E-state index in [9.17, 15) is 13.2 Å². The molecule has 0 radical (unpaired) electrons. The molecule has 8 heteroatoms. The predicted molar refractivity (Wildman–Crippen MR) is 87.1 cm³/mol. The Balaban J connectivity index is 3.15. The molecule has 1 N–H and O–H groups in total. The summed E-state index contributed by atoms with van der Waals surface area (Å²) in [6, 6.07) is 0. The minimum Gasteiger partial charge on any atom is -0.462 e. The Morgan fingerprint density at radius 2 is 2.05 bits per heavy atom. The normalized spacial score (nSPS) is 11.4. The predicted octanol–water partition coefficient (Wildman–Crippen LogP) is 3.17. The number of thiophene rings is 1. The average Bonchev–Trinajstić information content (AvgIpc) is 2.71. The Morgan fingerprint density at radius 3 is 2.57 bits per heavy atom. The fraction of sp³-hybridized carbons (Fsp3) is 0.615. The number of esters is 1. The molecule has 120 valence electrons. The third-order valence-corrected chi connectivity index (χ3v) is 5.64.